The maximum absolute atomic E-state index is 11.9. The molecule has 1 aromatic carbocycles. The highest BCUT2D eigenvalue weighted by Crippen LogP contribution is 2.28. The second-order valence-electron chi connectivity index (χ2n) is 4.74. The van der Waals surface area contributed by atoms with Crippen LogP contribution in [0.5, 0.6) is 0 Å². The van der Waals surface area contributed by atoms with Gasteiger partial charge in [0, 0.05) is 30.8 Å². The summed E-state index contributed by atoms with van der Waals surface area (Å²) < 4.78 is 4.93. The number of esters is 1. The zero-order chi connectivity index (χ0) is 13.8. The molecule has 0 radical (unpaired) electrons. The van der Waals surface area contributed by atoms with Crippen LogP contribution in [0, 0.1) is 6.92 Å². The van der Waals surface area contributed by atoms with Crippen LogP contribution in [0.15, 0.2) is 18.2 Å². The molecule has 1 aliphatic rings. The van der Waals surface area contributed by atoms with Crippen LogP contribution in [-0.4, -0.2) is 31.4 Å². The first kappa shape index (κ1) is 13.6. The number of ether oxygens (including phenoxy) is 1. The number of nitrogens with zero attached hydrogens (tertiary/aromatic N) is 1. The van der Waals surface area contributed by atoms with E-state index in [1.165, 1.54) is 0 Å². The lowest BCUT2D eigenvalue weighted by atomic mass is 9.98. The molecule has 0 saturated carbocycles. The van der Waals surface area contributed by atoms with Gasteiger partial charge in [-0.25, -0.2) is 0 Å². The average Bonchev–Trinajstić information content (AvgIpc) is 2.39. The molecule has 0 bridgehead atoms. The summed E-state index contributed by atoms with van der Waals surface area (Å²) in [7, 11) is 0. The lowest BCUT2D eigenvalue weighted by Crippen LogP contribution is -2.34. The number of Topliss-reactive ketones (excluding diaryl/α,β-unsaturated/α-hetero) is 1. The molecule has 0 N–H and O–H groups in total. The minimum atomic E-state index is -0.187. The van der Waals surface area contributed by atoms with Gasteiger partial charge in [-0.2, -0.15) is 0 Å². The Hall–Kier alpha value is -1.84. The summed E-state index contributed by atoms with van der Waals surface area (Å²) in [5, 5.41) is 0. The fourth-order valence-corrected chi connectivity index (χ4v) is 2.33. The van der Waals surface area contributed by atoms with Crippen LogP contribution >= 0.6 is 0 Å². The number of carbonyl (C=O) groups excluding carboxylic acids is 2. The van der Waals surface area contributed by atoms with Crippen molar-refractivity contribution in [1.82, 2.24) is 0 Å². The van der Waals surface area contributed by atoms with Gasteiger partial charge in [-0.3, -0.25) is 9.59 Å². The van der Waals surface area contributed by atoms with Crippen molar-refractivity contribution < 1.29 is 14.3 Å². The van der Waals surface area contributed by atoms with E-state index in [1.807, 2.05) is 25.1 Å². The Bertz CT molecular complexity index is 496. The predicted octanol–water partition coefficient (Wildman–Crippen LogP) is 2.34. The predicted molar refractivity (Wildman–Crippen MR) is 73.6 cm³/mol. The van der Waals surface area contributed by atoms with E-state index in [4.69, 9.17) is 4.74 Å². The van der Waals surface area contributed by atoms with Crippen LogP contribution in [-0.2, 0) is 9.53 Å². The molecule has 0 aliphatic carbocycles. The van der Waals surface area contributed by atoms with E-state index in [9.17, 15) is 9.59 Å². The summed E-state index contributed by atoms with van der Waals surface area (Å²) in [5.41, 5.74) is 2.79. The number of fused-ring (bicyclic) bond motifs is 1. The zero-order valence-electron chi connectivity index (χ0n) is 11.4. The van der Waals surface area contributed by atoms with E-state index in [0.717, 1.165) is 16.8 Å². The summed E-state index contributed by atoms with van der Waals surface area (Å²) in [6, 6.07) is 5.88. The van der Waals surface area contributed by atoms with Crippen molar-refractivity contribution in [3.8, 4) is 0 Å². The Morgan fingerprint density at radius 3 is 2.95 bits per heavy atom. The van der Waals surface area contributed by atoms with Gasteiger partial charge in [-0.15, -0.1) is 0 Å². The van der Waals surface area contributed by atoms with Crippen molar-refractivity contribution in [2.24, 2.45) is 0 Å². The number of hydrogen-bond acceptors (Lipinski definition) is 4. The molecule has 0 amide bonds. The van der Waals surface area contributed by atoms with E-state index >= 15 is 0 Å². The summed E-state index contributed by atoms with van der Waals surface area (Å²) in [4.78, 5) is 25.4. The zero-order valence-corrected chi connectivity index (χ0v) is 11.4. The van der Waals surface area contributed by atoms with E-state index in [2.05, 4.69) is 4.90 Å². The van der Waals surface area contributed by atoms with E-state index in [0.29, 0.717) is 32.5 Å². The highest BCUT2D eigenvalue weighted by Gasteiger charge is 2.23. The van der Waals surface area contributed by atoms with Gasteiger partial charge in [-0.05, 0) is 26.0 Å². The van der Waals surface area contributed by atoms with E-state index in [1.54, 1.807) is 6.92 Å². The molecule has 0 unspecified atom stereocenters. The molecule has 2 rings (SSSR count). The molecule has 0 spiro atoms. The van der Waals surface area contributed by atoms with Crippen molar-refractivity contribution >= 4 is 17.4 Å². The number of aryl methyl sites for hydroxylation is 1. The molecule has 1 heterocycles. The molecular weight excluding hydrogens is 242 g/mol. The van der Waals surface area contributed by atoms with Crippen molar-refractivity contribution in [3.63, 3.8) is 0 Å². The molecule has 0 aromatic heterocycles. The van der Waals surface area contributed by atoms with Crippen molar-refractivity contribution in [2.75, 3.05) is 24.6 Å². The fraction of sp³-hybridized carbons (Fsp3) is 0.467. The molecule has 102 valence electrons. The van der Waals surface area contributed by atoms with Crippen LogP contribution in [0.4, 0.5) is 5.69 Å². The average molecular weight is 261 g/mol. The SMILES string of the molecule is CCOC(=O)CCN1CCC(=O)c2cc(C)ccc21. The fourth-order valence-electron chi connectivity index (χ4n) is 2.33. The van der Waals surface area contributed by atoms with Crippen LogP contribution < -0.4 is 4.90 Å². The van der Waals surface area contributed by atoms with Gasteiger partial charge >= 0.3 is 5.97 Å². The smallest absolute Gasteiger partial charge is 0.307 e. The van der Waals surface area contributed by atoms with E-state index in [-0.39, 0.29) is 11.8 Å². The first-order valence-electron chi connectivity index (χ1n) is 6.66. The lowest BCUT2D eigenvalue weighted by molar-refractivity contribution is -0.142. The van der Waals surface area contributed by atoms with Gasteiger partial charge in [0.05, 0.1) is 13.0 Å². The molecule has 19 heavy (non-hydrogen) atoms. The third kappa shape index (κ3) is 3.13. The molecule has 0 saturated heterocycles. The Balaban J connectivity index is 2.10. The molecular formula is C15H19NO3. The third-order valence-electron chi connectivity index (χ3n) is 3.29. The summed E-state index contributed by atoms with van der Waals surface area (Å²) in [6.07, 6.45) is 0.870. The van der Waals surface area contributed by atoms with Gasteiger partial charge in [0.1, 0.15) is 0 Å². The van der Waals surface area contributed by atoms with Crippen molar-refractivity contribution in [2.45, 2.75) is 26.7 Å². The summed E-state index contributed by atoms with van der Waals surface area (Å²) in [5.74, 6) is -0.000790. The first-order valence-corrected chi connectivity index (χ1v) is 6.66. The Kier molecular flexibility index (Phi) is 4.20. The number of benzene rings is 1. The van der Waals surface area contributed by atoms with Crippen LogP contribution in [0.1, 0.15) is 35.7 Å². The standard InChI is InChI=1S/C15H19NO3/c1-3-19-15(18)7-9-16-8-6-14(17)12-10-11(2)4-5-13(12)16/h4-5,10H,3,6-9H2,1-2H3. The number of anilines is 1. The largest absolute Gasteiger partial charge is 0.466 e. The second kappa shape index (κ2) is 5.87. The molecule has 0 atom stereocenters. The lowest BCUT2D eigenvalue weighted by Gasteiger charge is -2.30. The van der Waals surface area contributed by atoms with Gasteiger partial charge in [-0.1, -0.05) is 11.6 Å². The number of ketones is 1. The summed E-state index contributed by atoms with van der Waals surface area (Å²) >= 11 is 0. The first-order chi connectivity index (χ1) is 9.11. The summed E-state index contributed by atoms with van der Waals surface area (Å²) in [6.45, 7) is 5.46. The molecule has 1 aromatic rings. The Morgan fingerprint density at radius 2 is 2.21 bits per heavy atom. The molecule has 4 nitrogen and oxygen atoms in total. The topological polar surface area (TPSA) is 46.6 Å². The monoisotopic (exact) mass is 261 g/mol. The molecule has 4 heteroatoms. The number of rotatable bonds is 4. The second-order valence-corrected chi connectivity index (χ2v) is 4.74. The molecule has 1 aliphatic heterocycles. The quantitative estimate of drug-likeness (QED) is 0.780. The highest BCUT2D eigenvalue weighted by atomic mass is 16.5. The maximum atomic E-state index is 11.9. The number of hydrogen-bond donors (Lipinski definition) is 0. The van der Waals surface area contributed by atoms with Gasteiger partial charge in [0.15, 0.2) is 5.78 Å². The Morgan fingerprint density at radius 1 is 1.42 bits per heavy atom. The Labute approximate surface area is 113 Å². The molecule has 0 fully saturated rings. The van der Waals surface area contributed by atoms with Crippen molar-refractivity contribution in [3.05, 3.63) is 29.3 Å². The van der Waals surface area contributed by atoms with E-state index < -0.39 is 0 Å². The van der Waals surface area contributed by atoms with Gasteiger partial charge in [0.25, 0.3) is 0 Å². The van der Waals surface area contributed by atoms with Gasteiger partial charge in [0.2, 0.25) is 0 Å². The van der Waals surface area contributed by atoms with Crippen molar-refractivity contribution in [1.29, 1.82) is 0 Å². The number of carbonyl (C=O) groups is 2. The minimum absolute atomic E-state index is 0.186. The highest BCUT2D eigenvalue weighted by molar-refractivity contribution is 6.03. The van der Waals surface area contributed by atoms with Crippen LogP contribution in [0.3, 0.4) is 0 Å². The normalized spacial score (nSPS) is 14.2. The minimum Gasteiger partial charge on any atom is -0.466 e. The van der Waals surface area contributed by atoms with Crippen LogP contribution in [0.25, 0.3) is 0 Å². The van der Waals surface area contributed by atoms with Gasteiger partial charge < -0.3 is 9.64 Å². The third-order valence-corrected chi connectivity index (χ3v) is 3.29. The van der Waals surface area contributed by atoms with Crippen LogP contribution in [0.2, 0.25) is 0 Å². The maximum Gasteiger partial charge on any atom is 0.307 e.